The summed E-state index contributed by atoms with van der Waals surface area (Å²) in [6, 6.07) is 0. The summed E-state index contributed by atoms with van der Waals surface area (Å²) in [5.41, 5.74) is 0. The minimum atomic E-state index is -0.0519. The fourth-order valence-electron chi connectivity index (χ4n) is 1.44. The molecule has 84 valence electrons. The minimum Gasteiger partial charge on any atom is -0.463 e. The van der Waals surface area contributed by atoms with E-state index in [1.807, 2.05) is 13.8 Å². The van der Waals surface area contributed by atoms with E-state index in [2.05, 4.69) is 13.8 Å². The Balaban J connectivity index is 3.50. The van der Waals surface area contributed by atoms with Crippen molar-refractivity contribution in [1.82, 2.24) is 0 Å². The molecule has 2 nitrogen and oxygen atoms in total. The van der Waals surface area contributed by atoms with Gasteiger partial charge >= 0.3 is 5.97 Å². The largest absolute Gasteiger partial charge is 0.463 e. The zero-order valence-corrected chi connectivity index (χ0v) is 10.0. The highest BCUT2D eigenvalue weighted by Gasteiger charge is 2.10. The molecular formula is C12H24O2. The van der Waals surface area contributed by atoms with Gasteiger partial charge in [-0.15, -0.1) is 0 Å². The quantitative estimate of drug-likeness (QED) is 0.464. The Morgan fingerprint density at radius 2 is 1.86 bits per heavy atom. The number of ether oxygens (including phenoxy) is 1. The van der Waals surface area contributed by atoms with Crippen LogP contribution in [0.4, 0.5) is 0 Å². The molecule has 0 saturated heterocycles. The van der Waals surface area contributed by atoms with Gasteiger partial charge in [-0.2, -0.15) is 0 Å². The monoisotopic (exact) mass is 200 g/mol. The number of carbonyl (C=O) groups excluding carboxylic acids is 1. The van der Waals surface area contributed by atoms with E-state index in [4.69, 9.17) is 4.74 Å². The highest BCUT2D eigenvalue weighted by molar-refractivity contribution is 5.69. The van der Waals surface area contributed by atoms with Crippen molar-refractivity contribution in [2.45, 2.75) is 65.9 Å². The van der Waals surface area contributed by atoms with Gasteiger partial charge in [0.15, 0.2) is 0 Å². The van der Waals surface area contributed by atoms with Crippen molar-refractivity contribution < 1.29 is 9.53 Å². The number of carbonyl (C=O) groups is 1. The van der Waals surface area contributed by atoms with Crippen LogP contribution < -0.4 is 0 Å². The summed E-state index contributed by atoms with van der Waals surface area (Å²) in [5.74, 6) is 0.414. The van der Waals surface area contributed by atoms with Crippen molar-refractivity contribution in [2.75, 3.05) is 0 Å². The van der Waals surface area contributed by atoms with E-state index in [9.17, 15) is 4.79 Å². The second kappa shape index (κ2) is 7.84. The van der Waals surface area contributed by atoms with Gasteiger partial charge in [-0.1, -0.05) is 39.5 Å². The third-order valence-corrected chi connectivity index (χ3v) is 2.18. The average molecular weight is 200 g/mol. The molecule has 0 aliphatic carbocycles. The van der Waals surface area contributed by atoms with Gasteiger partial charge in [-0.3, -0.25) is 4.79 Å². The van der Waals surface area contributed by atoms with Gasteiger partial charge in [-0.05, 0) is 19.8 Å². The zero-order valence-electron chi connectivity index (χ0n) is 10.0. The van der Waals surface area contributed by atoms with E-state index in [0.29, 0.717) is 12.3 Å². The van der Waals surface area contributed by atoms with Crippen LogP contribution in [0.1, 0.15) is 59.8 Å². The first-order valence-electron chi connectivity index (χ1n) is 5.75. The third kappa shape index (κ3) is 8.09. The number of unbranched alkanes of at least 4 members (excludes halogenated alkanes) is 2. The highest BCUT2D eigenvalue weighted by Crippen LogP contribution is 2.13. The Bertz CT molecular complexity index is 152. The molecule has 0 bridgehead atoms. The molecule has 0 heterocycles. The summed E-state index contributed by atoms with van der Waals surface area (Å²) in [6.07, 6.45) is 5.47. The standard InChI is InChI=1S/C12H24O2/c1-5-6-7-8-11(4)9-12(13)14-10(2)3/h10-11H,5-9H2,1-4H3/t11-/m0/s1. The fraction of sp³-hybridized carbons (Fsp3) is 0.917. The van der Waals surface area contributed by atoms with Crippen LogP contribution in [0.5, 0.6) is 0 Å². The van der Waals surface area contributed by atoms with Crippen LogP contribution in [0, 0.1) is 5.92 Å². The van der Waals surface area contributed by atoms with E-state index in [1.165, 1.54) is 19.3 Å². The lowest BCUT2D eigenvalue weighted by Crippen LogP contribution is -2.14. The molecule has 0 aliphatic heterocycles. The summed E-state index contributed by atoms with van der Waals surface area (Å²) in [7, 11) is 0. The summed E-state index contributed by atoms with van der Waals surface area (Å²) in [6.45, 7) is 8.09. The van der Waals surface area contributed by atoms with E-state index in [0.717, 1.165) is 6.42 Å². The van der Waals surface area contributed by atoms with Crippen LogP contribution in [-0.4, -0.2) is 12.1 Å². The molecule has 0 spiro atoms. The fourth-order valence-corrected chi connectivity index (χ4v) is 1.44. The van der Waals surface area contributed by atoms with Crippen LogP contribution in [0.15, 0.2) is 0 Å². The third-order valence-electron chi connectivity index (χ3n) is 2.18. The van der Waals surface area contributed by atoms with Crippen LogP contribution in [-0.2, 0) is 9.53 Å². The summed E-state index contributed by atoms with van der Waals surface area (Å²) in [4.78, 5) is 11.3. The Morgan fingerprint density at radius 1 is 1.21 bits per heavy atom. The van der Waals surface area contributed by atoms with Gasteiger partial charge in [-0.25, -0.2) is 0 Å². The molecule has 0 saturated carbocycles. The van der Waals surface area contributed by atoms with Crippen molar-refractivity contribution in [3.8, 4) is 0 Å². The van der Waals surface area contributed by atoms with Crippen molar-refractivity contribution in [2.24, 2.45) is 5.92 Å². The second-order valence-corrected chi connectivity index (χ2v) is 4.34. The SMILES string of the molecule is CCCCC[C@H](C)CC(=O)OC(C)C. The smallest absolute Gasteiger partial charge is 0.306 e. The molecule has 0 amide bonds. The number of rotatable bonds is 7. The minimum absolute atomic E-state index is 0.0188. The molecule has 0 aliphatic rings. The molecule has 0 radical (unpaired) electrons. The van der Waals surface area contributed by atoms with E-state index in [-0.39, 0.29) is 12.1 Å². The van der Waals surface area contributed by atoms with Crippen LogP contribution in [0.25, 0.3) is 0 Å². The first-order valence-corrected chi connectivity index (χ1v) is 5.75. The second-order valence-electron chi connectivity index (χ2n) is 4.34. The van der Waals surface area contributed by atoms with Gasteiger partial charge in [0.1, 0.15) is 0 Å². The highest BCUT2D eigenvalue weighted by atomic mass is 16.5. The van der Waals surface area contributed by atoms with Gasteiger partial charge in [0, 0.05) is 6.42 Å². The lowest BCUT2D eigenvalue weighted by Gasteiger charge is -2.12. The molecule has 0 aromatic carbocycles. The number of hydrogen-bond acceptors (Lipinski definition) is 2. The number of hydrogen-bond donors (Lipinski definition) is 0. The van der Waals surface area contributed by atoms with E-state index < -0.39 is 0 Å². The molecule has 14 heavy (non-hydrogen) atoms. The molecule has 0 fully saturated rings. The van der Waals surface area contributed by atoms with Crippen LogP contribution >= 0.6 is 0 Å². The van der Waals surface area contributed by atoms with Crippen molar-refractivity contribution in [1.29, 1.82) is 0 Å². The Kier molecular flexibility index (Phi) is 7.54. The maximum atomic E-state index is 11.3. The Labute approximate surface area is 88.0 Å². The average Bonchev–Trinajstić information content (AvgIpc) is 2.02. The predicted octanol–water partition coefficient (Wildman–Crippen LogP) is 3.54. The molecule has 0 rings (SSSR count). The molecule has 0 aromatic heterocycles. The van der Waals surface area contributed by atoms with Gasteiger partial charge < -0.3 is 4.74 Å². The van der Waals surface area contributed by atoms with Crippen molar-refractivity contribution >= 4 is 5.97 Å². The van der Waals surface area contributed by atoms with Gasteiger partial charge in [0.25, 0.3) is 0 Å². The summed E-state index contributed by atoms with van der Waals surface area (Å²) >= 11 is 0. The van der Waals surface area contributed by atoms with Gasteiger partial charge in [0.05, 0.1) is 6.10 Å². The Morgan fingerprint density at radius 3 is 2.36 bits per heavy atom. The lowest BCUT2D eigenvalue weighted by atomic mass is 10.0. The molecular weight excluding hydrogens is 176 g/mol. The lowest BCUT2D eigenvalue weighted by molar-refractivity contribution is -0.148. The van der Waals surface area contributed by atoms with Crippen LogP contribution in [0.2, 0.25) is 0 Å². The maximum Gasteiger partial charge on any atom is 0.306 e. The first kappa shape index (κ1) is 13.5. The van der Waals surface area contributed by atoms with Crippen molar-refractivity contribution in [3.63, 3.8) is 0 Å². The molecule has 2 heteroatoms. The first-order chi connectivity index (χ1) is 6.56. The summed E-state index contributed by atoms with van der Waals surface area (Å²) < 4.78 is 5.09. The van der Waals surface area contributed by atoms with Crippen LogP contribution in [0.3, 0.4) is 0 Å². The maximum absolute atomic E-state index is 11.3. The van der Waals surface area contributed by atoms with E-state index >= 15 is 0 Å². The normalized spacial score (nSPS) is 12.9. The molecule has 0 unspecified atom stereocenters. The zero-order chi connectivity index (χ0) is 11.0. The van der Waals surface area contributed by atoms with Gasteiger partial charge in [0.2, 0.25) is 0 Å². The van der Waals surface area contributed by atoms with E-state index in [1.54, 1.807) is 0 Å². The molecule has 0 aromatic rings. The van der Waals surface area contributed by atoms with Crippen molar-refractivity contribution in [3.05, 3.63) is 0 Å². The predicted molar refractivity (Wildman–Crippen MR) is 59.2 cm³/mol. The number of esters is 1. The summed E-state index contributed by atoms with van der Waals surface area (Å²) in [5, 5.41) is 0. The molecule has 0 N–H and O–H groups in total. The molecule has 1 atom stereocenters. The Hall–Kier alpha value is -0.530. The topological polar surface area (TPSA) is 26.3 Å².